The maximum atomic E-state index is 6.14. The molecule has 1 aromatic rings. The SMILES string of the molecule is CCCNC(c1cnccc1N)C1CC2CCC1O2. The lowest BCUT2D eigenvalue weighted by atomic mass is 9.81. The Kier molecular flexibility index (Phi) is 3.71. The van der Waals surface area contributed by atoms with Gasteiger partial charge in [0.1, 0.15) is 0 Å². The van der Waals surface area contributed by atoms with Crippen molar-refractivity contribution in [3.05, 3.63) is 24.0 Å². The summed E-state index contributed by atoms with van der Waals surface area (Å²) in [7, 11) is 0. The Morgan fingerprint density at radius 3 is 3.05 bits per heavy atom. The van der Waals surface area contributed by atoms with Crippen LogP contribution in [0.25, 0.3) is 0 Å². The summed E-state index contributed by atoms with van der Waals surface area (Å²) in [6.07, 6.45) is 9.24. The number of hydrogen-bond donors (Lipinski definition) is 2. The summed E-state index contributed by atoms with van der Waals surface area (Å²) in [6, 6.07) is 2.17. The molecule has 0 saturated carbocycles. The Hall–Kier alpha value is -1.13. The summed E-state index contributed by atoms with van der Waals surface area (Å²) >= 11 is 0. The topological polar surface area (TPSA) is 60.2 Å². The number of nitrogen functional groups attached to an aromatic ring is 1. The van der Waals surface area contributed by atoms with Gasteiger partial charge in [-0.25, -0.2) is 0 Å². The molecule has 0 spiro atoms. The summed E-state index contributed by atoms with van der Waals surface area (Å²) in [5.74, 6) is 0.539. The summed E-state index contributed by atoms with van der Waals surface area (Å²) in [6.45, 7) is 3.20. The van der Waals surface area contributed by atoms with Gasteiger partial charge in [0.2, 0.25) is 0 Å². The monoisotopic (exact) mass is 261 g/mol. The molecule has 0 radical (unpaired) electrons. The van der Waals surface area contributed by atoms with Crippen LogP contribution in [-0.2, 0) is 4.74 Å². The number of nitrogens with two attached hydrogens (primary N) is 1. The lowest BCUT2D eigenvalue weighted by Gasteiger charge is -2.30. The zero-order chi connectivity index (χ0) is 13.2. The number of pyridine rings is 1. The number of nitrogens with zero attached hydrogens (tertiary/aromatic N) is 1. The Labute approximate surface area is 114 Å². The van der Waals surface area contributed by atoms with Crippen molar-refractivity contribution in [1.29, 1.82) is 0 Å². The zero-order valence-corrected chi connectivity index (χ0v) is 11.5. The first-order valence-electron chi connectivity index (χ1n) is 7.37. The fourth-order valence-electron chi connectivity index (χ4n) is 3.50. The standard InChI is InChI=1S/C15H23N3O/c1-2-6-18-15(12-9-17-7-5-13(12)16)11-8-10-3-4-14(11)19-10/h5,7,9-11,14-15,18H,2-4,6,8H2,1H3,(H2,16,17). The Morgan fingerprint density at radius 1 is 1.53 bits per heavy atom. The average Bonchev–Trinajstić information content (AvgIpc) is 3.04. The van der Waals surface area contributed by atoms with Crippen molar-refractivity contribution in [2.75, 3.05) is 12.3 Å². The lowest BCUT2D eigenvalue weighted by molar-refractivity contribution is 0.0857. The van der Waals surface area contributed by atoms with Crippen LogP contribution in [0, 0.1) is 5.92 Å². The average molecular weight is 261 g/mol. The third kappa shape index (κ3) is 2.47. The quantitative estimate of drug-likeness (QED) is 0.853. The molecule has 2 aliphatic heterocycles. The number of aromatic nitrogens is 1. The van der Waals surface area contributed by atoms with Gasteiger partial charge >= 0.3 is 0 Å². The van der Waals surface area contributed by atoms with E-state index in [2.05, 4.69) is 17.2 Å². The van der Waals surface area contributed by atoms with E-state index in [9.17, 15) is 0 Å². The van der Waals surface area contributed by atoms with Crippen LogP contribution in [0.2, 0.25) is 0 Å². The zero-order valence-electron chi connectivity index (χ0n) is 11.5. The number of fused-ring (bicyclic) bond motifs is 2. The van der Waals surface area contributed by atoms with Crippen molar-refractivity contribution in [3.8, 4) is 0 Å². The normalized spacial score (nSPS) is 30.7. The molecule has 4 unspecified atom stereocenters. The summed E-state index contributed by atoms with van der Waals surface area (Å²) in [5, 5.41) is 3.65. The van der Waals surface area contributed by atoms with Crippen LogP contribution in [0.1, 0.15) is 44.2 Å². The summed E-state index contributed by atoms with van der Waals surface area (Å²) in [5.41, 5.74) is 8.11. The molecular weight excluding hydrogens is 238 g/mol. The van der Waals surface area contributed by atoms with Gasteiger partial charge < -0.3 is 15.8 Å². The van der Waals surface area contributed by atoms with E-state index in [0.717, 1.165) is 30.6 Å². The maximum absolute atomic E-state index is 6.14. The molecule has 2 aliphatic rings. The predicted octanol–water partition coefficient (Wildman–Crippen LogP) is 2.27. The number of anilines is 1. The minimum absolute atomic E-state index is 0.281. The number of hydrogen-bond acceptors (Lipinski definition) is 4. The fourth-order valence-corrected chi connectivity index (χ4v) is 3.50. The highest BCUT2D eigenvalue weighted by molar-refractivity contribution is 5.46. The van der Waals surface area contributed by atoms with Crippen LogP contribution in [0.4, 0.5) is 5.69 Å². The third-order valence-electron chi connectivity index (χ3n) is 4.42. The molecule has 2 saturated heterocycles. The van der Waals surface area contributed by atoms with Crippen molar-refractivity contribution < 1.29 is 4.74 Å². The van der Waals surface area contributed by atoms with Crippen LogP contribution >= 0.6 is 0 Å². The molecule has 3 heterocycles. The van der Waals surface area contributed by atoms with E-state index in [1.54, 1.807) is 6.20 Å². The van der Waals surface area contributed by atoms with E-state index in [4.69, 9.17) is 10.5 Å². The molecule has 3 rings (SSSR count). The van der Waals surface area contributed by atoms with Crippen molar-refractivity contribution >= 4 is 5.69 Å². The van der Waals surface area contributed by atoms with E-state index in [0.29, 0.717) is 18.1 Å². The van der Waals surface area contributed by atoms with Crippen LogP contribution in [0.3, 0.4) is 0 Å². The molecule has 104 valence electrons. The molecule has 3 N–H and O–H groups in total. The second kappa shape index (κ2) is 5.47. The van der Waals surface area contributed by atoms with E-state index < -0.39 is 0 Å². The molecule has 4 heteroatoms. The highest BCUT2D eigenvalue weighted by atomic mass is 16.5. The highest BCUT2D eigenvalue weighted by Gasteiger charge is 2.44. The molecule has 0 aromatic carbocycles. The van der Waals surface area contributed by atoms with Crippen LogP contribution in [0.5, 0.6) is 0 Å². The summed E-state index contributed by atoms with van der Waals surface area (Å²) in [4.78, 5) is 4.25. The summed E-state index contributed by atoms with van der Waals surface area (Å²) < 4.78 is 6.01. The minimum atomic E-state index is 0.281. The molecule has 2 bridgehead atoms. The van der Waals surface area contributed by atoms with Crippen molar-refractivity contribution in [1.82, 2.24) is 10.3 Å². The van der Waals surface area contributed by atoms with Gasteiger partial charge in [-0.3, -0.25) is 4.98 Å². The predicted molar refractivity (Wildman–Crippen MR) is 75.7 cm³/mol. The Bertz CT molecular complexity index is 437. The molecule has 0 aliphatic carbocycles. The maximum Gasteiger partial charge on any atom is 0.0627 e. The van der Waals surface area contributed by atoms with Gasteiger partial charge in [0, 0.05) is 35.6 Å². The van der Waals surface area contributed by atoms with Crippen molar-refractivity contribution in [3.63, 3.8) is 0 Å². The first-order valence-corrected chi connectivity index (χ1v) is 7.37. The van der Waals surface area contributed by atoms with Gasteiger partial charge in [-0.05, 0) is 38.3 Å². The highest BCUT2D eigenvalue weighted by Crippen LogP contribution is 2.45. The number of rotatable bonds is 5. The van der Waals surface area contributed by atoms with E-state index in [-0.39, 0.29) is 6.04 Å². The third-order valence-corrected chi connectivity index (χ3v) is 4.42. The Morgan fingerprint density at radius 2 is 2.42 bits per heavy atom. The van der Waals surface area contributed by atoms with Crippen LogP contribution < -0.4 is 11.1 Å². The molecule has 4 nitrogen and oxygen atoms in total. The van der Waals surface area contributed by atoms with E-state index >= 15 is 0 Å². The fraction of sp³-hybridized carbons (Fsp3) is 0.667. The first kappa shape index (κ1) is 12.9. The van der Waals surface area contributed by atoms with Crippen molar-refractivity contribution in [2.45, 2.75) is 50.9 Å². The van der Waals surface area contributed by atoms with Crippen molar-refractivity contribution in [2.24, 2.45) is 5.92 Å². The van der Waals surface area contributed by atoms with Gasteiger partial charge in [-0.2, -0.15) is 0 Å². The van der Waals surface area contributed by atoms with E-state index in [1.165, 1.54) is 12.8 Å². The molecule has 19 heavy (non-hydrogen) atoms. The largest absolute Gasteiger partial charge is 0.398 e. The molecule has 4 atom stereocenters. The van der Waals surface area contributed by atoms with Crippen LogP contribution in [0.15, 0.2) is 18.5 Å². The van der Waals surface area contributed by atoms with Gasteiger partial charge in [0.05, 0.1) is 12.2 Å². The number of ether oxygens (including phenoxy) is 1. The minimum Gasteiger partial charge on any atom is -0.398 e. The second-order valence-electron chi connectivity index (χ2n) is 5.71. The van der Waals surface area contributed by atoms with Crippen LogP contribution in [-0.4, -0.2) is 23.7 Å². The molecule has 0 amide bonds. The van der Waals surface area contributed by atoms with E-state index in [1.807, 2.05) is 12.3 Å². The lowest BCUT2D eigenvalue weighted by Crippen LogP contribution is -2.34. The second-order valence-corrected chi connectivity index (χ2v) is 5.71. The molecule has 2 fully saturated rings. The Balaban J connectivity index is 1.83. The van der Waals surface area contributed by atoms with Gasteiger partial charge in [-0.1, -0.05) is 6.92 Å². The van der Waals surface area contributed by atoms with Gasteiger partial charge in [0.15, 0.2) is 0 Å². The molecular formula is C15H23N3O. The molecule has 1 aromatic heterocycles. The van der Waals surface area contributed by atoms with Gasteiger partial charge in [0.25, 0.3) is 0 Å². The van der Waals surface area contributed by atoms with Gasteiger partial charge in [-0.15, -0.1) is 0 Å². The first-order chi connectivity index (χ1) is 9.29. The number of nitrogens with one attached hydrogen (secondary N) is 1. The smallest absolute Gasteiger partial charge is 0.0627 e.